The van der Waals surface area contributed by atoms with E-state index in [0.717, 1.165) is 12.2 Å². The van der Waals surface area contributed by atoms with Crippen molar-refractivity contribution < 1.29 is 0 Å². The van der Waals surface area contributed by atoms with Crippen molar-refractivity contribution in [3.63, 3.8) is 0 Å². The van der Waals surface area contributed by atoms with Crippen LogP contribution in [0.3, 0.4) is 0 Å². The summed E-state index contributed by atoms with van der Waals surface area (Å²) in [5.41, 5.74) is 2.13. The van der Waals surface area contributed by atoms with Crippen molar-refractivity contribution in [3.05, 3.63) is 40.4 Å². The van der Waals surface area contributed by atoms with Crippen LogP contribution in [-0.4, -0.2) is 27.9 Å². The molecule has 1 fully saturated rings. The van der Waals surface area contributed by atoms with Crippen LogP contribution in [-0.2, 0) is 0 Å². The van der Waals surface area contributed by atoms with E-state index < -0.39 is 0 Å². The molecule has 1 N–H and O–H groups in total. The number of hydrogen-bond donors (Lipinski definition) is 1. The number of pyridine rings is 1. The average Bonchev–Trinajstić information content (AvgIpc) is 2.82. The van der Waals surface area contributed by atoms with Gasteiger partial charge in [0.15, 0.2) is 5.43 Å². The van der Waals surface area contributed by atoms with Gasteiger partial charge < -0.3 is 9.38 Å². The van der Waals surface area contributed by atoms with Crippen LogP contribution >= 0.6 is 0 Å². The Morgan fingerprint density at radius 3 is 3.12 bits per heavy atom. The van der Waals surface area contributed by atoms with Crippen LogP contribution in [0.15, 0.2) is 29.3 Å². The lowest BCUT2D eigenvalue weighted by Crippen LogP contribution is -2.17. The molecular weight excluding hydrogens is 202 g/mol. The number of hydrogen-bond acceptors (Lipinski definition) is 2. The molecule has 0 saturated carbocycles. The van der Waals surface area contributed by atoms with Gasteiger partial charge in [0.2, 0.25) is 0 Å². The van der Waals surface area contributed by atoms with Crippen LogP contribution in [0.25, 0.3) is 5.65 Å². The Balaban J connectivity index is 2.08. The first-order valence-electron chi connectivity index (χ1n) is 5.65. The highest BCUT2D eigenvalue weighted by molar-refractivity contribution is 5.40. The van der Waals surface area contributed by atoms with Gasteiger partial charge in [-0.1, -0.05) is 0 Å². The van der Waals surface area contributed by atoms with Crippen LogP contribution in [0.2, 0.25) is 0 Å². The molecule has 0 radical (unpaired) electrons. The van der Waals surface area contributed by atoms with E-state index in [4.69, 9.17) is 0 Å². The second-order valence-corrected chi connectivity index (χ2v) is 4.50. The molecule has 0 spiro atoms. The van der Waals surface area contributed by atoms with E-state index in [0.29, 0.717) is 6.04 Å². The van der Waals surface area contributed by atoms with Crippen LogP contribution in [0.4, 0.5) is 0 Å². The van der Waals surface area contributed by atoms with E-state index in [1.54, 1.807) is 12.1 Å². The van der Waals surface area contributed by atoms with Crippen molar-refractivity contribution in [1.29, 1.82) is 0 Å². The predicted octanol–water partition coefficient (Wildman–Crippen LogP) is 1.39. The van der Waals surface area contributed by atoms with Gasteiger partial charge in [0, 0.05) is 24.5 Å². The smallest absolute Gasteiger partial charge is 0.183 e. The first kappa shape index (κ1) is 9.66. The number of aromatic nitrogens is 2. The Morgan fingerprint density at radius 2 is 2.38 bits per heavy atom. The van der Waals surface area contributed by atoms with Crippen LogP contribution in [0, 0.1) is 0 Å². The van der Waals surface area contributed by atoms with Crippen molar-refractivity contribution in [2.24, 2.45) is 0 Å². The minimum atomic E-state index is 0.0492. The number of nitrogens with one attached hydrogen (secondary N) is 1. The minimum absolute atomic E-state index is 0.0492. The van der Waals surface area contributed by atoms with Crippen molar-refractivity contribution in [2.45, 2.75) is 18.9 Å². The van der Waals surface area contributed by atoms with Gasteiger partial charge in [-0.2, -0.15) is 0 Å². The van der Waals surface area contributed by atoms with Gasteiger partial charge in [0.1, 0.15) is 5.65 Å². The lowest BCUT2D eigenvalue weighted by molar-refractivity contribution is 0.313. The molecule has 3 rings (SSSR count). The topological polar surface area (TPSA) is 40.5 Å². The molecule has 16 heavy (non-hydrogen) atoms. The molecule has 1 unspecified atom stereocenters. The maximum atomic E-state index is 11.2. The van der Waals surface area contributed by atoms with E-state index in [2.05, 4.69) is 23.1 Å². The molecule has 0 amide bonds. The second-order valence-electron chi connectivity index (χ2n) is 4.50. The van der Waals surface area contributed by atoms with Gasteiger partial charge in [-0.25, -0.2) is 0 Å². The number of imidazole rings is 1. The maximum Gasteiger partial charge on any atom is 0.183 e. The molecule has 4 heteroatoms. The molecule has 0 bridgehead atoms. The van der Waals surface area contributed by atoms with E-state index in [1.165, 1.54) is 18.5 Å². The predicted molar refractivity (Wildman–Crippen MR) is 62.6 cm³/mol. The molecule has 2 aromatic heterocycles. The molecule has 84 valence electrons. The fraction of sp³-hybridized carbons (Fsp3) is 0.417. The molecule has 1 saturated heterocycles. The highest BCUT2D eigenvalue weighted by Gasteiger charge is 2.23. The molecule has 3 heterocycles. The summed E-state index contributed by atoms with van der Waals surface area (Å²) in [6.07, 6.45) is 6.33. The number of nitrogens with zero attached hydrogens (tertiary/aromatic N) is 2. The first-order valence-corrected chi connectivity index (χ1v) is 5.65. The third kappa shape index (κ3) is 1.46. The zero-order chi connectivity index (χ0) is 11.1. The number of rotatable bonds is 1. The van der Waals surface area contributed by atoms with Crippen LogP contribution in [0.5, 0.6) is 0 Å². The van der Waals surface area contributed by atoms with Crippen LogP contribution < -0.4 is 5.43 Å². The van der Waals surface area contributed by atoms with Gasteiger partial charge in [-0.15, -0.1) is 0 Å². The summed E-state index contributed by atoms with van der Waals surface area (Å²) in [6.45, 7) is 1.15. The molecule has 4 nitrogen and oxygen atoms in total. The second kappa shape index (κ2) is 3.49. The summed E-state index contributed by atoms with van der Waals surface area (Å²) in [5, 5.41) is 0. The Morgan fingerprint density at radius 1 is 1.50 bits per heavy atom. The summed E-state index contributed by atoms with van der Waals surface area (Å²) in [6, 6.07) is 3.69. The van der Waals surface area contributed by atoms with Gasteiger partial charge in [0.25, 0.3) is 0 Å². The summed E-state index contributed by atoms with van der Waals surface area (Å²) in [4.78, 5) is 16.9. The molecule has 1 aliphatic heterocycles. The van der Waals surface area contributed by atoms with Crippen molar-refractivity contribution in [3.8, 4) is 0 Å². The lowest BCUT2D eigenvalue weighted by Gasteiger charge is -2.17. The third-order valence-electron chi connectivity index (χ3n) is 3.39. The monoisotopic (exact) mass is 217 g/mol. The number of fused-ring (bicyclic) bond motifs is 1. The van der Waals surface area contributed by atoms with Gasteiger partial charge in [0.05, 0.1) is 11.7 Å². The zero-order valence-corrected chi connectivity index (χ0v) is 9.31. The quantitative estimate of drug-likeness (QED) is 0.784. The Bertz CT molecular complexity index is 569. The highest BCUT2D eigenvalue weighted by Crippen LogP contribution is 2.29. The zero-order valence-electron chi connectivity index (χ0n) is 9.31. The minimum Gasteiger partial charge on any atom is -0.342 e. The first-order chi connectivity index (χ1) is 7.74. The summed E-state index contributed by atoms with van der Waals surface area (Å²) in [7, 11) is 2.15. The van der Waals surface area contributed by atoms with Crippen molar-refractivity contribution in [2.75, 3.05) is 13.6 Å². The number of H-pyrrole nitrogens is 1. The van der Waals surface area contributed by atoms with Crippen molar-refractivity contribution in [1.82, 2.24) is 14.3 Å². The molecule has 1 atom stereocenters. The van der Waals surface area contributed by atoms with Crippen molar-refractivity contribution >= 4 is 5.65 Å². The average molecular weight is 217 g/mol. The Labute approximate surface area is 93.5 Å². The highest BCUT2D eigenvalue weighted by atomic mass is 16.1. The summed E-state index contributed by atoms with van der Waals surface area (Å²) >= 11 is 0. The van der Waals surface area contributed by atoms with Crippen LogP contribution in [0.1, 0.15) is 24.6 Å². The maximum absolute atomic E-state index is 11.2. The Hall–Kier alpha value is -1.55. The molecular formula is C12H15N3O. The fourth-order valence-electron chi connectivity index (χ4n) is 2.51. The van der Waals surface area contributed by atoms with E-state index in [9.17, 15) is 4.79 Å². The largest absolute Gasteiger partial charge is 0.342 e. The summed E-state index contributed by atoms with van der Waals surface area (Å²) < 4.78 is 1.98. The SMILES string of the molecule is CN1CCCC1c1cn2ccc(=O)cc2[nH]1. The summed E-state index contributed by atoms with van der Waals surface area (Å²) in [5.74, 6) is 0. The third-order valence-corrected chi connectivity index (χ3v) is 3.39. The standard InChI is InChI=1S/C12H15N3O/c1-14-5-2-3-11(14)10-8-15-6-4-9(16)7-12(15)13-10/h4,6-8,11,13H,2-3,5H2,1H3. The van der Waals surface area contributed by atoms with Gasteiger partial charge in [-0.05, 0) is 26.4 Å². The number of aromatic amines is 1. The molecule has 0 aromatic carbocycles. The normalized spacial score (nSPS) is 21.9. The molecule has 0 aliphatic carbocycles. The lowest BCUT2D eigenvalue weighted by atomic mass is 10.2. The Kier molecular flexibility index (Phi) is 2.11. The van der Waals surface area contributed by atoms with E-state index in [1.807, 2.05) is 10.6 Å². The van der Waals surface area contributed by atoms with Gasteiger partial charge >= 0.3 is 0 Å². The fourth-order valence-corrected chi connectivity index (χ4v) is 2.51. The van der Waals surface area contributed by atoms with E-state index >= 15 is 0 Å². The molecule has 2 aromatic rings. The number of likely N-dealkylation sites (tertiary alicyclic amines) is 1. The molecule has 1 aliphatic rings. The van der Waals surface area contributed by atoms with Gasteiger partial charge in [-0.3, -0.25) is 9.69 Å². The van der Waals surface area contributed by atoms with E-state index in [-0.39, 0.29) is 5.43 Å².